The Morgan fingerprint density at radius 3 is 1.27 bits per heavy atom. The quantitative estimate of drug-likeness (QED) is 0.145. The number of aryl methyl sites for hydroxylation is 4. The van der Waals surface area contributed by atoms with E-state index in [1.807, 2.05) is 0 Å². The van der Waals surface area contributed by atoms with E-state index < -0.39 is 0 Å². The predicted octanol–water partition coefficient (Wildman–Crippen LogP) is 11.1. The molecule has 0 saturated heterocycles. The first-order valence-electron chi connectivity index (χ1n) is 19.7. The van der Waals surface area contributed by atoms with E-state index in [0.29, 0.717) is 0 Å². The molecule has 0 fully saturated rings. The number of nitrogens with zero attached hydrogens (tertiary/aromatic N) is 4. The molecular formula is C48H36B2N4O2. The van der Waals surface area contributed by atoms with Crippen LogP contribution in [-0.4, -0.2) is 14.0 Å². The van der Waals surface area contributed by atoms with Gasteiger partial charge in [-0.25, -0.2) is 0 Å². The Morgan fingerprint density at radius 2 is 0.821 bits per heavy atom. The van der Waals surface area contributed by atoms with E-state index in [-0.39, 0.29) is 14.0 Å². The molecule has 6 aliphatic rings. The Morgan fingerprint density at radius 1 is 0.393 bits per heavy atom. The predicted molar refractivity (Wildman–Crippen MR) is 231 cm³/mol. The first kappa shape index (κ1) is 30.8. The molecule has 0 amide bonds. The topological polar surface area (TPSA) is 31.4 Å². The average Bonchev–Trinajstić information content (AvgIpc) is 3.73. The van der Waals surface area contributed by atoms with Gasteiger partial charge >= 0.3 is 14.0 Å². The molecule has 0 aromatic heterocycles. The highest BCUT2D eigenvalue weighted by Gasteiger charge is 2.55. The van der Waals surface area contributed by atoms with E-state index >= 15 is 0 Å². The summed E-state index contributed by atoms with van der Waals surface area (Å²) in [5.41, 5.74) is 24.2. The fraction of sp³-hybridized carbons (Fsp3) is 0.125. The second kappa shape index (κ2) is 10.2. The third kappa shape index (κ3) is 3.57. The van der Waals surface area contributed by atoms with Gasteiger partial charge in [0, 0.05) is 22.5 Å². The van der Waals surface area contributed by atoms with Crippen LogP contribution in [0.5, 0.6) is 23.0 Å². The SMILES string of the molecule is Cc1ccc2c(c1)-c1cc3c(cc1B1N2c2cc(C)c(C)c4c2N1c1ccccc1O4)-c1cc(C)ccc1N1B3N2c3ccccc3Oc3c(C)c(C)cc1c32. The minimum Gasteiger partial charge on any atom is -0.453 e. The van der Waals surface area contributed by atoms with Crippen molar-refractivity contribution >= 4 is 70.4 Å². The zero-order chi connectivity index (χ0) is 37.5. The maximum Gasteiger partial charge on any atom is 0.421 e. The third-order valence-electron chi connectivity index (χ3n) is 13.3. The number of hydrogen-bond donors (Lipinski definition) is 0. The van der Waals surface area contributed by atoms with Crippen LogP contribution in [0.4, 0.5) is 45.5 Å². The van der Waals surface area contributed by atoms with Gasteiger partial charge in [0.25, 0.3) is 0 Å². The summed E-state index contributed by atoms with van der Waals surface area (Å²) in [6.07, 6.45) is 0. The monoisotopic (exact) mass is 722 g/mol. The van der Waals surface area contributed by atoms with Crippen LogP contribution in [0, 0.1) is 41.5 Å². The number of benzene rings is 7. The van der Waals surface area contributed by atoms with Crippen molar-refractivity contribution in [3.63, 3.8) is 0 Å². The van der Waals surface area contributed by atoms with Crippen molar-refractivity contribution in [1.29, 1.82) is 0 Å². The number of rotatable bonds is 0. The summed E-state index contributed by atoms with van der Waals surface area (Å²) < 4.78 is 13.6. The maximum atomic E-state index is 6.80. The second-order valence-electron chi connectivity index (χ2n) is 16.5. The highest BCUT2D eigenvalue weighted by Crippen LogP contribution is 2.63. The lowest BCUT2D eigenvalue weighted by molar-refractivity contribution is 0.474. The molecule has 0 unspecified atom stereocenters. The normalized spacial score (nSPS) is 15.0. The Balaban J connectivity index is 1.14. The van der Waals surface area contributed by atoms with Crippen LogP contribution in [0.25, 0.3) is 22.3 Å². The molecule has 266 valence electrons. The van der Waals surface area contributed by atoms with Crippen LogP contribution in [0.1, 0.15) is 33.4 Å². The molecule has 6 nitrogen and oxygen atoms in total. The standard InChI is InChI=1S/C48H36B2N4O2/c1-25-15-17-37-33(19-25)31-23-36-32(24-35(31)49-51(37)41-21-27(3)29(5)47-45(41)53(49)39-11-7-9-13-43(39)55-47)34-20-26(2)16-18-38(34)52-42-22-28(4)30(6)48-46(42)54(50(36)52)40-12-8-10-14-44(40)56-48/h7-24H,1-6H3. The Labute approximate surface area is 327 Å². The highest BCUT2D eigenvalue weighted by molar-refractivity contribution is 6.89. The zero-order valence-corrected chi connectivity index (χ0v) is 32.2. The van der Waals surface area contributed by atoms with Crippen LogP contribution in [-0.2, 0) is 0 Å². The molecule has 7 aromatic carbocycles. The Hall–Kier alpha value is -6.53. The van der Waals surface area contributed by atoms with Gasteiger partial charge in [0.05, 0.1) is 34.1 Å². The van der Waals surface area contributed by atoms with Gasteiger partial charge in [0.15, 0.2) is 11.5 Å². The van der Waals surface area contributed by atoms with Crippen LogP contribution < -0.4 is 39.6 Å². The molecule has 6 heterocycles. The maximum absolute atomic E-state index is 6.80. The van der Waals surface area contributed by atoms with Crippen LogP contribution in [0.3, 0.4) is 0 Å². The molecule has 0 bridgehead atoms. The minimum atomic E-state index is -0.112. The van der Waals surface area contributed by atoms with Crippen molar-refractivity contribution in [2.24, 2.45) is 0 Å². The zero-order valence-electron chi connectivity index (χ0n) is 32.2. The molecular weight excluding hydrogens is 686 g/mol. The van der Waals surface area contributed by atoms with Crippen molar-refractivity contribution in [3.05, 3.63) is 143 Å². The molecule has 0 radical (unpaired) electrons. The largest absolute Gasteiger partial charge is 0.453 e. The molecule has 0 spiro atoms. The minimum absolute atomic E-state index is 0.112. The van der Waals surface area contributed by atoms with Gasteiger partial charge in [-0.15, -0.1) is 0 Å². The van der Waals surface area contributed by atoms with Crippen molar-refractivity contribution in [3.8, 4) is 45.3 Å². The van der Waals surface area contributed by atoms with Gasteiger partial charge in [-0.1, -0.05) is 59.7 Å². The molecule has 0 atom stereocenters. The number of hydrogen-bond acceptors (Lipinski definition) is 6. The van der Waals surface area contributed by atoms with Crippen LogP contribution in [0.15, 0.2) is 109 Å². The van der Waals surface area contributed by atoms with E-state index in [0.717, 1.165) is 45.7 Å². The molecule has 7 aromatic rings. The van der Waals surface area contributed by atoms with E-state index in [4.69, 9.17) is 9.47 Å². The summed E-state index contributed by atoms with van der Waals surface area (Å²) in [5, 5.41) is 0. The number of para-hydroxylation sites is 4. The Bertz CT molecular complexity index is 2810. The molecule has 0 aliphatic carbocycles. The molecule has 0 saturated carbocycles. The lowest BCUT2D eigenvalue weighted by Crippen LogP contribution is -2.59. The number of ether oxygens (including phenoxy) is 2. The molecule has 6 aliphatic heterocycles. The first-order valence-corrected chi connectivity index (χ1v) is 19.7. The summed E-state index contributed by atoms with van der Waals surface area (Å²) >= 11 is 0. The Kier molecular flexibility index (Phi) is 5.60. The van der Waals surface area contributed by atoms with E-state index in [1.165, 1.54) is 89.3 Å². The summed E-state index contributed by atoms with van der Waals surface area (Å²) in [7, 11) is 0. The van der Waals surface area contributed by atoms with Crippen molar-refractivity contribution in [1.82, 2.24) is 0 Å². The van der Waals surface area contributed by atoms with Gasteiger partial charge in [0.2, 0.25) is 0 Å². The second-order valence-corrected chi connectivity index (χ2v) is 16.5. The summed E-state index contributed by atoms with van der Waals surface area (Å²) in [6, 6.07) is 40.9. The fourth-order valence-corrected chi connectivity index (χ4v) is 10.5. The van der Waals surface area contributed by atoms with E-state index in [1.54, 1.807) is 0 Å². The van der Waals surface area contributed by atoms with Crippen LogP contribution in [0.2, 0.25) is 0 Å². The first-order chi connectivity index (χ1) is 27.3. The smallest absolute Gasteiger partial charge is 0.421 e. The molecule has 8 heteroatoms. The van der Waals surface area contributed by atoms with Crippen molar-refractivity contribution < 1.29 is 9.47 Å². The molecule has 0 N–H and O–H groups in total. The van der Waals surface area contributed by atoms with Gasteiger partial charge in [-0.3, -0.25) is 0 Å². The average molecular weight is 722 g/mol. The number of fused-ring (bicyclic) bond motifs is 20. The molecule has 13 rings (SSSR count). The summed E-state index contributed by atoms with van der Waals surface area (Å²) in [4.78, 5) is 10.3. The summed E-state index contributed by atoms with van der Waals surface area (Å²) in [5.74, 6) is 3.69. The third-order valence-corrected chi connectivity index (χ3v) is 13.3. The van der Waals surface area contributed by atoms with E-state index in [9.17, 15) is 0 Å². The fourth-order valence-electron chi connectivity index (χ4n) is 10.5. The van der Waals surface area contributed by atoms with Gasteiger partial charge < -0.3 is 28.7 Å². The summed E-state index contributed by atoms with van der Waals surface area (Å²) in [6.45, 7) is 13.0. The van der Waals surface area contributed by atoms with Crippen molar-refractivity contribution in [2.75, 3.05) is 19.2 Å². The number of anilines is 8. The van der Waals surface area contributed by atoms with Crippen LogP contribution >= 0.6 is 0 Å². The lowest BCUT2D eigenvalue weighted by Gasteiger charge is -2.41. The molecule has 56 heavy (non-hydrogen) atoms. The van der Waals surface area contributed by atoms with Crippen molar-refractivity contribution in [2.45, 2.75) is 41.5 Å². The van der Waals surface area contributed by atoms with Gasteiger partial charge in [-0.2, -0.15) is 0 Å². The van der Waals surface area contributed by atoms with Gasteiger partial charge in [-0.05, 0) is 147 Å². The van der Waals surface area contributed by atoms with Gasteiger partial charge in [0.1, 0.15) is 11.5 Å². The van der Waals surface area contributed by atoms with E-state index in [2.05, 4.69) is 170 Å². The highest BCUT2D eigenvalue weighted by atomic mass is 16.5. The lowest BCUT2D eigenvalue weighted by atomic mass is 9.53.